The maximum absolute atomic E-state index is 12.9. The molecule has 0 bridgehead atoms. The monoisotopic (exact) mass is 391 g/mol. The van der Waals surface area contributed by atoms with Crippen molar-refractivity contribution >= 4 is 24.2 Å². The fraction of sp³-hybridized carbons (Fsp3) is 0.250. The van der Waals surface area contributed by atoms with E-state index >= 15 is 0 Å². The number of benzene rings is 1. The van der Waals surface area contributed by atoms with E-state index in [2.05, 4.69) is 5.32 Å². The molecule has 0 saturated carbocycles. The van der Waals surface area contributed by atoms with Gasteiger partial charge in [-0.1, -0.05) is 12.1 Å². The van der Waals surface area contributed by atoms with Crippen molar-refractivity contribution < 1.29 is 27.2 Å². The van der Waals surface area contributed by atoms with Crippen LogP contribution in [0.3, 0.4) is 0 Å². The number of carbonyl (C=O) groups is 2. The van der Waals surface area contributed by atoms with Crippen molar-refractivity contribution in [2.75, 3.05) is 0 Å². The van der Waals surface area contributed by atoms with Crippen LogP contribution in [0.1, 0.15) is 34.2 Å². The van der Waals surface area contributed by atoms with Gasteiger partial charge in [0.1, 0.15) is 17.6 Å². The zero-order chi connectivity index (χ0) is 18.8. The van der Waals surface area contributed by atoms with Gasteiger partial charge in [-0.25, -0.2) is 0 Å². The number of hydrogen-bond acceptors (Lipinski definition) is 4. The summed E-state index contributed by atoms with van der Waals surface area (Å²) in [6.45, 7) is 1.29. The molecule has 0 aliphatic rings. The minimum atomic E-state index is -4.60. The Bertz CT molecular complexity index is 807. The highest BCUT2D eigenvalue weighted by molar-refractivity contribution is 5.99. The van der Waals surface area contributed by atoms with Crippen LogP contribution in [0.4, 0.5) is 13.2 Å². The summed E-state index contributed by atoms with van der Waals surface area (Å²) in [5.41, 5.74) is 7.89. The molecule has 1 unspecified atom stereocenters. The van der Waals surface area contributed by atoms with Gasteiger partial charge in [-0.3, -0.25) is 9.59 Å². The summed E-state index contributed by atoms with van der Waals surface area (Å²) in [4.78, 5) is 24.2. The van der Waals surface area contributed by atoms with E-state index in [0.717, 1.165) is 24.5 Å². The van der Waals surface area contributed by atoms with E-state index in [1.54, 1.807) is 0 Å². The van der Waals surface area contributed by atoms with Crippen LogP contribution in [0.2, 0.25) is 0 Å². The number of alkyl halides is 3. The summed E-state index contributed by atoms with van der Waals surface area (Å²) in [6, 6.07) is 5.40. The second-order valence-electron chi connectivity index (χ2n) is 5.53. The van der Waals surface area contributed by atoms with E-state index in [4.69, 9.17) is 15.9 Å². The lowest BCUT2D eigenvalue weighted by Gasteiger charge is -2.28. The number of halogens is 4. The van der Waals surface area contributed by atoms with Crippen molar-refractivity contribution in [3.63, 3.8) is 0 Å². The van der Waals surface area contributed by atoms with E-state index in [1.165, 1.54) is 19.1 Å². The number of primary amides is 1. The van der Waals surface area contributed by atoms with Gasteiger partial charge < -0.3 is 21.2 Å². The van der Waals surface area contributed by atoms with E-state index in [1.807, 2.05) is 0 Å². The van der Waals surface area contributed by atoms with Crippen LogP contribution in [0, 0.1) is 0 Å². The van der Waals surface area contributed by atoms with Crippen LogP contribution in [0.15, 0.2) is 41.0 Å². The molecule has 1 heterocycles. The van der Waals surface area contributed by atoms with Crippen molar-refractivity contribution in [2.24, 2.45) is 11.5 Å². The molecule has 0 aliphatic carbocycles. The molecule has 0 fully saturated rings. The number of rotatable bonds is 5. The minimum Gasteiger partial charge on any atom is -0.467 e. The lowest BCUT2D eigenvalue weighted by atomic mass is 9.89. The van der Waals surface area contributed by atoms with E-state index < -0.39 is 29.1 Å². The van der Waals surface area contributed by atoms with Crippen molar-refractivity contribution in [3.05, 3.63) is 59.0 Å². The van der Waals surface area contributed by atoms with E-state index in [-0.39, 0.29) is 30.1 Å². The quantitative estimate of drug-likeness (QED) is 0.726. The zero-order valence-corrected chi connectivity index (χ0v) is 14.4. The molecule has 5 N–H and O–H groups in total. The highest BCUT2D eigenvalue weighted by Gasteiger charge is 2.38. The molecule has 1 atom stereocenters. The fourth-order valence-electron chi connectivity index (χ4n) is 2.19. The average molecular weight is 392 g/mol. The predicted molar refractivity (Wildman–Crippen MR) is 89.3 cm³/mol. The SMILES string of the molecule is CC(NC(=O)c1coc(CN)c1)(C(N)=O)c1cccc(C(F)(F)F)c1.Cl. The molecule has 1 aromatic heterocycles. The Balaban J connectivity index is 0.00000338. The first-order valence-corrected chi connectivity index (χ1v) is 7.15. The smallest absolute Gasteiger partial charge is 0.416 e. The van der Waals surface area contributed by atoms with Crippen LogP contribution in [-0.2, 0) is 23.1 Å². The van der Waals surface area contributed by atoms with Crippen LogP contribution >= 0.6 is 12.4 Å². The molecule has 2 rings (SSSR count). The summed E-state index contributed by atoms with van der Waals surface area (Å²) in [5.74, 6) is -1.41. The van der Waals surface area contributed by atoms with Crippen molar-refractivity contribution in [2.45, 2.75) is 25.2 Å². The molecule has 0 radical (unpaired) electrons. The third-order valence-electron chi connectivity index (χ3n) is 3.74. The Morgan fingerprint density at radius 3 is 2.31 bits per heavy atom. The van der Waals surface area contributed by atoms with Crippen molar-refractivity contribution in [3.8, 4) is 0 Å². The predicted octanol–water partition coefficient (Wildman–Crippen LogP) is 2.31. The van der Waals surface area contributed by atoms with Gasteiger partial charge in [0, 0.05) is 0 Å². The van der Waals surface area contributed by atoms with Crippen LogP contribution < -0.4 is 16.8 Å². The van der Waals surface area contributed by atoms with Gasteiger partial charge in [-0.2, -0.15) is 13.2 Å². The number of hydrogen-bond donors (Lipinski definition) is 3. The standard InChI is InChI=1S/C16H16F3N3O3.ClH/c1-15(14(21)24,10-3-2-4-11(6-10)16(17,18)19)22-13(23)9-5-12(7-20)25-8-9;/h2-6,8H,7,20H2,1H3,(H2,21,24)(H,22,23);1H. The number of amides is 2. The molecule has 6 nitrogen and oxygen atoms in total. The molecule has 2 aromatic rings. The summed E-state index contributed by atoms with van der Waals surface area (Å²) in [7, 11) is 0. The van der Waals surface area contributed by atoms with E-state index in [9.17, 15) is 22.8 Å². The first kappa shape index (κ1) is 21.5. The molecular formula is C16H17ClF3N3O3. The van der Waals surface area contributed by atoms with Crippen LogP contribution in [-0.4, -0.2) is 11.8 Å². The maximum atomic E-state index is 12.9. The normalized spacial score (nSPS) is 13.4. The van der Waals surface area contributed by atoms with Gasteiger partial charge in [0.15, 0.2) is 0 Å². The van der Waals surface area contributed by atoms with Crippen LogP contribution in [0.5, 0.6) is 0 Å². The number of nitrogens with two attached hydrogens (primary N) is 2. The average Bonchev–Trinajstić information content (AvgIpc) is 3.03. The van der Waals surface area contributed by atoms with Gasteiger partial charge in [0.2, 0.25) is 5.91 Å². The zero-order valence-electron chi connectivity index (χ0n) is 13.6. The molecule has 0 saturated heterocycles. The molecule has 142 valence electrons. The molecule has 0 aliphatic heterocycles. The van der Waals surface area contributed by atoms with E-state index in [0.29, 0.717) is 5.76 Å². The molecule has 26 heavy (non-hydrogen) atoms. The second kappa shape index (κ2) is 7.79. The van der Waals surface area contributed by atoms with Gasteiger partial charge in [0.05, 0.1) is 17.7 Å². The van der Waals surface area contributed by atoms with Gasteiger partial charge in [-0.05, 0) is 30.7 Å². The first-order valence-electron chi connectivity index (χ1n) is 7.15. The van der Waals surface area contributed by atoms with Crippen molar-refractivity contribution in [1.82, 2.24) is 5.32 Å². The van der Waals surface area contributed by atoms with Gasteiger partial charge in [0.25, 0.3) is 5.91 Å². The highest BCUT2D eigenvalue weighted by atomic mass is 35.5. The molecule has 0 spiro atoms. The third-order valence-corrected chi connectivity index (χ3v) is 3.74. The van der Waals surface area contributed by atoms with Gasteiger partial charge >= 0.3 is 6.18 Å². The lowest BCUT2D eigenvalue weighted by molar-refractivity contribution is -0.137. The number of carbonyl (C=O) groups excluding carboxylic acids is 2. The lowest BCUT2D eigenvalue weighted by Crippen LogP contribution is -2.52. The summed E-state index contributed by atoms with van der Waals surface area (Å²) < 4.78 is 43.7. The second-order valence-corrected chi connectivity index (χ2v) is 5.53. The Labute approximate surface area is 153 Å². The summed E-state index contributed by atoms with van der Waals surface area (Å²) in [6.07, 6.45) is -3.47. The Morgan fingerprint density at radius 1 is 1.19 bits per heavy atom. The molecule has 10 heteroatoms. The maximum Gasteiger partial charge on any atom is 0.416 e. The Kier molecular flexibility index (Phi) is 6.45. The Hall–Kier alpha value is -2.52. The first-order chi connectivity index (χ1) is 11.6. The molecule has 2 amide bonds. The fourth-order valence-corrected chi connectivity index (χ4v) is 2.19. The summed E-state index contributed by atoms with van der Waals surface area (Å²) >= 11 is 0. The summed E-state index contributed by atoms with van der Waals surface area (Å²) in [5, 5.41) is 2.36. The molecule has 1 aromatic carbocycles. The largest absolute Gasteiger partial charge is 0.467 e. The third kappa shape index (κ3) is 4.36. The highest BCUT2D eigenvalue weighted by Crippen LogP contribution is 2.32. The van der Waals surface area contributed by atoms with Gasteiger partial charge in [-0.15, -0.1) is 12.4 Å². The number of nitrogens with one attached hydrogen (secondary N) is 1. The Morgan fingerprint density at radius 2 is 1.81 bits per heavy atom. The van der Waals surface area contributed by atoms with Crippen molar-refractivity contribution in [1.29, 1.82) is 0 Å². The molecular weight excluding hydrogens is 375 g/mol. The minimum absolute atomic E-state index is 0. The number of furan rings is 1. The topological polar surface area (TPSA) is 111 Å². The van der Waals surface area contributed by atoms with Crippen LogP contribution in [0.25, 0.3) is 0 Å².